The predicted molar refractivity (Wildman–Crippen MR) is 80.6 cm³/mol. The van der Waals surface area contributed by atoms with E-state index >= 15 is 0 Å². The topological polar surface area (TPSA) is 29.9 Å². The van der Waals surface area contributed by atoms with Crippen LogP contribution < -0.4 is 5.32 Å². The quantitative estimate of drug-likeness (QED) is 0.906. The average Bonchev–Trinajstić information content (AvgIpc) is 2.63. The lowest BCUT2D eigenvalue weighted by Crippen LogP contribution is -2.43. The molecule has 0 bridgehead atoms. The fourth-order valence-electron chi connectivity index (χ4n) is 3.67. The van der Waals surface area contributed by atoms with Gasteiger partial charge in [-0.25, -0.2) is 0 Å². The van der Waals surface area contributed by atoms with E-state index in [0.717, 1.165) is 6.42 Å². The number of hydrogen-bond acceptors (Lipinski definition) is 2. The van der Waals surface area contributed by atoms with Crippen molar-refractivity contribution in [3.63, 3.8) is 0 Å². The molecule has 3 nitrogen and oxygen atoms in total. The monoisotopic (exact) mass is 263 g/mol. The van der Waals surface area contributed by atoms with Gasteiger partial charge in [0.2, 0.25) is 0 Å². The molecule has 0 radical (unpaired) electrons. The van der Waals surface area contributed by atoms with Crippen LogP contribution in [0.25, 0.3) is 0 Å². The highest BCUT2D eigenvalue weighted by Crippen LogP contribution is 2.41. The first-order chi connectivity index (χ1) is 8.89. The second kappa shape index (κ2) is 5.28. The zero-order valence-electron chi connectivity index (χ0n) is 13.4. The zero-order valence-corrected chi connectivity index (χ0v) is 13.4. The van der Waals surface area contributed by atoms with E-state index in [4.69, 9.17) is 5.10 Å². The second-order valence-electron chi connectivity index (χ2n) is 6.82. The molecular formula is C16H29N3. The summed E-state index contributed by atoms with van der Waals surface area (Å²) in [5.41, 5.74) is 4.43. The third kappa shape index (κ3) is 2.71. The van der Waals surface area contributed by atoms with Crippen LogP contribution >= 0.6 is 0 Å². The maximum Gasteiger partial charge on any atom is 0.0680 e. The molecule has 1 aliphatic rings. The van der Waals surface area contributed by atoms with Crippen molar-refractivity contribution < 1.29 is 0 Å². The van der Waals surface area contributed by atoms with Gasteiger partial charge in [-0.1, -0.05) is 20.8 Å². The van der Waals surface area contributed by atoms with Crippen LogP contribution in [-0.4, -0.2) is 22.9 Å². The van der Waals surface area contributed by atoms with E-state index in [1.54, 1.807) is 0 Å². The van der Waals surface area contributed by atoms with Crippen LogP contribution in [0.5, 0.6) is 0 Å². The molecule has 3 heteroatoms. The zero-order chi connectivity index (χ0) is 14.2. The number of nitrogens with zero attached hydrogens (tertiary/aromatic N) is 2. The van der Waals surface area contributed by atoms with Crippen LogP contribution in [0.2, 0.25) is 0 Å². The fraction of sp³-hybridized carbons (Fsp3) is 0.812. The van der Waals surface area contributed by atoms with Gasteiger partial charge in [0.05, 0.1) is 11.7 Å². The van der Waals surface area contributed by atoms with E-state index in [1.165, 1.54) is 36.2 Å². The third-order valence-corrected chi connectivity index (χ3v) is 4.87. The number of likely N-dealkylation sites (N-methyl/N-ethyl adjacent to an activating group) is 1. The van der Waals surface area contributed by atoms with Crippen LogP contribution in [0.1, 0.15) is 63.0 Å². The highest BCUT2D eigenvalue weighted by molar-refractivity contribution is 5.25. The standard InChI is InChI=1S/C16H29N3/c1-7-13-11(2)18-19(12(13)3)15-10-16(4,5)9-8-14(15)17-6/h14-15,17H,7-10H2,1-6H3. The summed E-state index contributed by atoms with van der Waals surface area (Å²) < 4.78 is 2.30. The summed E-state index contributed by atoms with van der Waals surface area (Å²) in [6.07, 6.45) is 4.84. The highest BCUT2D eigenvalue weighted by atomic mass is 15.3. The molecule has 108 valence electrons. The van der Waals surface area contributed by atoms with E-state index in [0.29, 0.717) is 17.5 Å². The molecule has 0 saturated heterocycles. The van der Waals surface area contributed by atoms with Gasteiger partial charge in [-0.15, -0.1) is 0 Å². The molecule has 19 heavy (non-hydrogen) atoms. The summed E-state index contributed by atoms with van der Waals surface area (Å²) in [4.78, 5) is 0. The van der Waals surface area contributed by atoms with E-state index in [9.17, 15) is 0 Å². The van der Waals surface area contributed by atoms with Crippen LogP contribution in [0, 0.1) is 19.3 Å². The Bertz CT molecular complexity index is 445. The second-order valence-corrected chi connectivity index (χ2v) is 6.82. The lowest BCUT2D eigenvalue weighted by Gasteiger charge is -2.41. The van der Waals surface area contributed by atoms with Gasteiger partial charge in [0.15, 0.2) is 0 Å². The van der Waals surface area contributed by atoms with Crippen LogP contribution in [-0.2, 0) is 6.42 Å². The number of nitrogens with one attached hydrogen (secondary N) is 1. The van der Waals surface area contributed by atoms with Crippen LogP contribution in [0.3, 0.4) is 0 Å². The van der Waals surface area contributed by atoms with Gasteiger partial charge < -0.3 is 5.32 Å². The maximum absolute atomic E-state index is 4.85. The van der Waals surface area contributed by atoms with Gasteiger partial charge in [0.1, 0.15) is 0 Å². The Kier molecular flexibility index (Phi) is 4.05. The first-order valence-corrected chi connectivity index (χ1v) is 7.61. The molecule has 1 aromatic heterocycles. The molecule has 1 aliphatic carbocycles. The molecule has 1 heterocycles. The molecule has 0 aromatic carbocycles. The van der Waals surface area contributed by atoms with Crippen molar-refractivity contribution in [3.05, 3.63) is 17.0 Å². The number of hydrogen-bond donors (Lipinski definition) is 1. The predicted octanol–water partition coefficient (Wildman–Crippen LogP) is 3.40. The van der Waals surface area contributed by atoms with Gasteiger partial charge in [0, 0.05) is 11.7 Å². The van der Waals surface area contributed by atoms with E-state index < -0.39 is 0 Å². The molecule has 2 rings (SSSR count). The summed E-state index contributed by atoms with van der Waals surface area (Å²) >= 11 is 0. The van der Waals surface area contributed by atoms with Gasteiger partial charge in [-0.2, -0.15) is 5.10 Å². The molecule has 0 aliphatic heterocycles. The van der Waals surface area contributed by atoms with Crippen molar-refractivity contribution in [1.82, 2.24) is 15.1 Å². The van der Waals surface area contributed by atoms with Gasteiger partial charge in [0.25, 0.3) is 0 Å². The first-order valence-electron chi connectivity index (χ1n) is 7.61. The van der Waals surface area contributed by atoms with Crippen molar-refractivity contribution in [1.29, 1.82) is 0 Å². The fourth-order valence-corrected chi connectivity index (χ4v) is 3.67. The molecule has 1 fully saturated rings. The third-order valence-electron chi connectivity index (χ3n) is 4.87. The molecular weight excluding hydrogens is 234 g/mol. The minimum atomic E-state index is 0.427. The van der Waals surface area contributed by atoms with Gasteiger partial charge in [-0.05, 0) is 57.6 Å². The molecule has 1 aromatic rings. The van der Waals surface area contributed by atoms with Crippen molar-refractivity contribution in [2.45, 2.75) is 72.4 Å². The number of aromatic nitrogens is 2. The van der Waals surface area contributed by atoms with Crippen molar-refractivity contribution >= 4 is 0 Å². The summed E-state index contributed by atoms with van der Waals surface area (Å²) in [5.74, 6) is 0. The Morgan fingerprint density at radius 2 is 2.05 bits per heavy atom. The number of rotatable bonds is 3. The normalized spacial score (nSPS) is 26.6. The van der Waals surface area contributed by atoms with E-state index in [1.807, 2.05) is 0 Å². The Balaban J connectivity index is 2.37. The summed E-state index contributed by atoms with van der Waals surface area (Å²) in [7, 11) is 2.09. The Hall–Kier alpha value is -0.830. The lowest BCUT2D eigenvalue weighted by molar-refractivity contribution is 0.137. The number of aryl methyl sites for hydroxylation is 1. The van der Waals surface area contributed by atoms with Crippen molar-refractivity contribution in [3.8, 4) is 0 Å². The smallest absolute Gasteiger partial charge is 0.0680 e. The SMILES string of the molecule is CCc1c(C)nn(C2CC(C)(C)CCC2NC)c1C. The molecule has 1 saturated carbocycles. The minimum Gasteiger partial charge on any atom is -0.315 e. The Morgan fingerprint density at radius 3 is 2.58 bits per heavy atom. The maximum atomic E-state index is 4.85. The Labute approximate surface area is 117 Å². The van der Waals surface area contributed by atoms with Crippen LogP contribution in [0.4, 0.5) is 0 Å². The van der Waals surface area contributed by atoms with Crippen molar-refractivity contribution in [2.75, 3.05) is 7.05 Å². The minimum absolute atomic E-state index is 0.427. The lowest BCUT2D eigenvalue weighted by atomic mass is 9.73. The summed E-state index contributed by atoms with van der Waals surface area (Å²) in [5, 5.41) is 8.35. The first kappa shape index (κ1) is 14.6. The summed E-state index contributed by atoms with van der Waals surface area (Å²) in [6.45, 7) is 11.4. The molecule has 2 unspecified atom stereocenters. The molecule has 1 N–H and O–H groups in total. The average molecular weight is 263 g/mol. The molecule has 2 atom stereocenters. The molecule has 0 amide bonds. The van der Waals surface area contributed by atoms with E-state index in [-0.39, 0.29) is 0 Å². The van der Waals surface area contributed by atoms with E-state index in [2.05, 4.69) is 51.7 Å². The largest absolute Gasteiger partial charge is 0.315 e. The van der Waals surface area contributed by atoms with Gasteiger partial charge >= 0.3 is 0 Å². The summed E-state index contributed by atoms with van der Waals surface area (Å²) in [6, 6.07) is 1.04. The van der Waals surface area contributed by atoms with Crippen molar-refractivity contribution in [2.24, 2.45) is 5.41 Å². The molecule has 0 spiro atoms. The Morgan fingerprint density at radius 1 is 1.37 bits per heavy atom. The van der Waals surface area contributed by atoms with Gasteiger partial charge in [-0.3, -0.25) is 4.68 Å². The van der Waals surface area contributed by atoms with Crippen LogP contribution in [0.15, 0.2) is 0 Å². The highest BCUT2D eigenvalue weighted by Gasteiger charge is 2.36.